The van der Waals surface area contributed by atoms with Crippen LogP contribution in [0, 0.1) is 6.92 Å². The van der Waals surface area contributed by atoms with Crippen LogP contribution in [0.1, 0.15) is 22.9 Å². The van der Waals surface area contributed by atoms with Crippen LogP contribution in [0.5, 0.6) is 0 Å². The van der Waals surface area contributed by atoms with Crippen molar-refractivity contribution in [2.45, 2.75) is 25.7 Å². The van der Waals surface area contributed by atoms with E-state index in [0.29, 0.717) is 11.3 Å². The molecule has 21 heavy (non-hydrogen) atoms. The largest absolute Gasteiger partial charge is 0.416 e. The van der Waals surface area contributed by atoms with Crippen molar-refractivity contribution in [1.29, 1.82) is 0 Å². The van der Waals surface area contributed by atoms with E-state index in [4.69, 9.17) is 5.73 Å². The Labute approximate surface area is 119 Å². The molecule has 1 aromatic carbocycles. The Kier molecular flexibility index (Phi) is 4.18. The molecule has 6 heteroatoms. The van der Waals surface area contributed by atoms with Gasteiger partial charge in [0.2, 0.25) is 0 Å². The molecule has 0 radical (unpaired) electrons. The zero-order chi connectivity index (χ0) is 15.6. The Morgan fingerprint density at radius 2 is 1.86 bits per heavy atom. The molecule has 2 N–H and O–H groups in total. The van der Waals surface area contributed by atoms with Gasteiger partial charge < -0.3 is 10.3 Å². The summed E-state index contributed by atoms with van der Waals surface area (Å²) >= 11 is 0. The molecule has 0 aliphatic carbocycles. The van der Waals surface area contributed by atoms with Gasteiger partial charge in [-0.15, -0.1) is 0 Å². The molecule has 0 aliphatic heterocycles. The topological polar surface area (TPSA) is 48.0 Å². The normalized spacial score (nSPS) is 13.2. The van der Waals surface area contributed by atoms with Gasteiger partial charge in [0.25, 0.3) is 5.56 Å². The van der Waals surface area contributed by atoms with E-state index in [1.165, 1.54) is 22.8 Å². The lowest BCUT2D eigenvalue weighted by atomic mass is 10.0. The van der Waals surface area contributed by atoms with Crippen molar-refractivity contribution in [3.8, 4) is 0 Å². The van der Waals surface area contributed by atoms with Crippen LogP contribution in [0.25, 0.3) is 0 Å². The highest BCUT2D eigenvalue weighted by Crippen LogP contribution is 2.30. The van der Waals surface area contributed by atoms with Crippen LogP contribution in [0.4, 0.5) is 13.2 Å². The molecule has 1 atom stereocenters. The Bertz CT molecular complexity index is 692. The van der Waals surface area contributed by atoms with Gasteiger partial charge in [0.1, 0.15) is 0 Å². The molecule has 0 spiro atoms. The Morgan fingerprint density at radius 1 is 1.19 bits per heavy atom. The molecule has 0 bridgehead atoms. The molecule has 2 rings (SSSR count). The molecule has 0 amide bonds. The van der Waals surface area contributed by atoms with Crippen LogP contribution in [0.3, 0.4) is 0 Å². The second-order valence-electron chi connectivity index (χ2n) is 4.85. The van der Waals surface area contributed by atoms with E-state index in [1.807, 2.05) is 0 Å². The number of nitrogens with zero attached hydrogens (tertiary/aromatic N) is 1. The standard InChI is InChI=1S/C15H15F3N2O/c1-10-4-2-7-14(21)20(10)9-13(19)11-5-3-6-12(8-11)15(16,17)18/h2-8,13H,9,19H2,1H3. The Morgan fingerprint density at radius 3 is 2.48 bits per heavy atom. The monoisotopic (exact) mass is 296 g/mol. The Balaban J connectivity index is 2.29. The van der Waals surface area contributed by atoms with Gasteiger partial charge in [0.15, 0.2) is 0 Å². The molecule has 1 heterocycles. The van der Waals surface area contributed by atoms with Crippen molar-refractivity contribution in [1.82, 2.24) is 4.57 Å². The van der Waals surface area contributed by atoms with Crippen molar-refractivity contribution in [2.24, 2.45) is 5.73 Å². The van der Waals surface area contributed by atoms with Gasteiger partial charge in [-0.2, -0.15) is 13.2 Å². The summed E-state index contributed by atoms with van der Waals surface area (Å²) in [5.74, 6) is 0. The minimum Gasteiger partial charge on any atom is -0.322 e. The quantitative estimate of drug-likeness (QED) is 0.946. The van der Waals surface area contributed by atoms with Gasteiger partial charge in [0, 0.05) is 24.3 Å². The molecule has 0 fully saturated rings. The number of aryl methyl sites for hydroxylation is 1. The minimum absolute atomic E-state index is 0.132. The minimum atomic E-state index is -4.41. The van der Waals surface area contributed by atoms with E-state index in [9.17, 15) is 18.0 Å². The number of aromatic nitrogens is 1. The molecule has 1 unspecified atom stereocenters. The maximum absolute atomic E-state index is 12.7. The van der Waals surface area contributed by atoms with Gasteiger partial charge >= 0.3 is 6.18 Å². The fraction of sp³-hybridized carbons (Fsp3) is 0.267. The van der Waals surface area contributed by atoms with E-state index >= 15 is 0 Å². The molecule has 0 saturated heterocycles. The van der Waals surface area contributed by atoms with Gasteiger partial charge in [-0.1, -0.05) is 18.2 Å². The average Bonchev–Trinajstić information content (AvgIpc) is 2.42. The number of pyridine rings is 1. The number of rotatable bonds is 3. The summed E-state index contributed by atoms with van der Waals surface area (Å²) in [6, 6.07) is 8.95. The first-order chi connectivity index (χ1) is 9.79. The number of nitrogens with two attached hydrogens (primary N) is 1. The van der Waals surface area contributed by atoms with Gasteiger partial charge in [-0.05, 0) is 30.7 Å². The highest BCUT2D eigenvalue weighted by Gasteiger charge is 2.30. The van der Waals surface area contributed by atoms with Crippen LogP contribution >= 0.6 is 0 Å². The number of hydrogen-bond acceptors (Lipinski definition) is 2. The van der Waals surface area contributed by atoms with Crippen molar-refractivity contribution >= 4 is 0 Å². The van der Waals surface area contributed by atoms with Crippen molar-refractivity contribution in [2.75, 3.05) is 0 Å². The third-order valence-corrected chi connectivity index (χ3v) is 3.29. The number of hydrogen-bond donors (Lipinski definition) is 1. The molecule has 112 valence electrons. The SMILES string of the molecule is Cc1cccc(=O)n1CC(N)c1cccc(C(F)(F)F)c1. The molecular formula is C15H15F3N2O. The predicted molar refractivity (Wildman–Crippen MR) is 73.8 cm³/mol. The highest BCUT2D eigenvalue weighted by atomic mass is 19.4. The Hall–Kier alpha value is -2.08. The van der Waals surface area contributed by atoms with Crippen molar-refractivity contribution in [3.63, 3.8) is 0 Å². The van der Waals surface area contributed by atoms with Crippen molar-refractivity contribution in [3.05, 3.63) is 69.6 Å². The molecule has 0 aliphatic rings. The third-order valence-electron chi connectivity index (χ3n) is 3.29. The summed E-state index contributed by atoms with van der Waals surface area (Å²) in [7, 11) is 0. The lowest BCUT2D eigenvalue weighted by molar-refractivity contribution is -0.137. The summed E-state index contributed by atoms with van der Waals surface area (Å²) in [6.07, 6.45) is -4.41. The molecule has 1 aromatic heterocycles. The molecule has 3 nitrogen and oxygen atoms in total. The van der Waals surface area contributed by atoms with Gasteiger partial charge in [-0.25, -0.2) is 0 Å². The summed E-state index contributed by atoms with van der Waals surface area (Å²) in [5, 5.41) is 0. The molecule has 0 saturated carbocycles. The first-order valence-electron chi connectivity index (χ1n) is 6.38. The first-order valence-corrected chi connectivity index (χ1v) is 6.38. The summed E-state index contributed by atoms with van der Waals surface area (Å²) in [5.41, 5.74) is 6.04. The lowest BCUT2D eigenvalue weighted by Crippen LogP contribution is -2.27. The van der Waals surface area contributed by atoms with Crippen LogP contribution in [0.2, 0.25) is 0 Å². The molecular weight excluding hydrogens is 281 g/mol. The smallest absolute Gasteiger partial charge is 0.322 e. The average molecular weight is 296 g/mol. The van der Waals surface area contributed by atoms with Crippen molar-refractivity contribution < 1.29 is 13.2 Å². The van der Waals surface area contributed by atoms with Gasteiger partial charge in [-0.3, -0.25) is 4.79 Å². The predicted octanol–water partition coefficient (Wildman–Crippen LogP) is 2.88. The number of halogens is 3. The number of alkyl halides is 3. The highest BCUT2D eigenvalue weighted by molar-refractivity contribution is 5.28. The van der Waals surface area contributed by atoms with Gasteiger partial charge in [0.05, 0.1) is 5.56 Å². The van der Waals surface area contributed by atoms with E-state index in [2.05, 4.69) is 0 Å². The number of benzene rings is 1. The fourth-order valence-corrected chi connectivity index (χ4v) is 2.11. The first kappa shape index (κ1) is 15.3. The molecule has 2 aromatic rings. The summed E-state index contributed by atoms with van der Waals surface area (Å²) < 4.78 is 39.5. The van der Waals surface area contributed by atoms with E-state index in [0.717, 1.165) is 12.1 Å². The van der Waals surface area contributed by atoms with Crippen LogP contribution in [-0.4, -0.2) is 4.57 Å². The van der Waals surface area contributed by atoms with E-state index in [-0.39, 0.29) is 12.1 Å². The van der Waals surface area contributed by atoms with E-state index in [1.54, 1.807) is 19.1 Å². The summed E-state index contributed by atoms with van der Waals surface area (Å²) in [4.78, 5) is 11.8. The second kappa shape index (κ2) is 5.73. The summed E-state index contributed by atoms with van der Waals surface area (Å²) in [6.45, 7) is 1.88. The second-order valence-corrected chi connectivity index (χ2v) is 4.85. The van der Waals surface area contributed by atoms with Crippen LogP contribution in [-0.2, 0) is 12.7 Å². The third kappa shape index (κ3) is 3.52. The maximum atomic E-state index is 12.7. The van der Waals surface area contributed by atoms with Crippen LogP contribution < -0.4 is 11.3 Å². The zero-order valence-electron chi connectivity index (χ0n) is 11.4. The lowest BCUT2D eigenvalue weighted by Gasteiger charge is -2.17. The van der Waals surface area contributed by atoms with Crippen LogP contribution in [0.15, 0.2) is 47.3 Å². The van der Waals surface area contributed by atoms with E-state index < -0.39 is 17.8 Å². The maximum Gasteiger partial charge on any atom is 0.416 e. The fourth-order valence-electron chi connectivity index (χ4n) is 2.11. The zero-order valence-corrected chi connectivity index (χ0v) is 11.4.